The lowest BCUT2D eigenvalue weighted by atomic mass is 10.0. The number of rotatable bonds is 6. The van der Waals surface area contributed by atoms with E-state index in [4.69, 9.17) is 5.73 Å². The van der Waals surface area contributed by atoms with Crippen molar-refractivity contribution < 1.29 is 4.79 Å². The normalized spacial score (nSPS) is 19.4. The molecule has 3 aromatic rings. The summed E-state index contributed by atoms with van der Waals surface area (Å²) in [6, 6.07) is 16.5. The van der Waals surface area contributed by atoms with E-state index >= 15 is 0 Å². The molecule has 0 saturated carbocycles. The number of aromatic amines is 1. The molecule has 2 atom stereocenters. The Bertz CT molecular complexity index is 921. The van der Waals surface area contributed by atoms with Crippen LogP contribution in [0.5, 0.6) is 0 Å². The summed E-state index contributed by atoms with van der Waals surface area (Å²) >= 11 is 0. The van der Waals surface area contributed by atoms with Crippen molar-refractivity contribution in [2.45, 2.75) is 25.4 Å². The van der Waals surface area contributed by atoms with Gasteiger partial charge in [0.25, 0.3) is 0 Å². The number of imidazole rings is 1. The number of aromatic nitrogens is 2. The predicted octanol–water partition coefficient (Wildman–Crippen LogP) is 1.71. The number of nitrogens with two attached hydrogens (primary N) is 1. The second kappa shape index (κ2) is 7.90. The second-order valence-corrected chi connectivity index (χ2v) is 7.21. The molecule has 1 aromatic heterocycles. The minimum absolute atomic E-state index is 0.0103. The highest BCUT2D eigenvalue weighted by Gasteiger charge is 2.28. The molecule has 2 aromatic carbocycles. The number of carbonyl (C=O) groups is 1. The van der Waals surface area contributed by atoms with E-state index in [9.17, 15) is 4.79 Å². The molecule has 0 unspecified atom stereocenters. The van der Waals surface area contributed by atoms with Crippen molar-refractivity contribution in [1.82, 2.24) is 20.6 Å². The van der Waals surface area contributed by atoms with Gasteiger partial charge >= 0.3 is 0 Å². The zero-order valence-electron chi connectivity index (χ0n) is 15.2. The first kappa shape index (κ1) is 17.7. The van der Waals surface area contributed by atoms with E-state index in [0.717, 1.165) is 36.2 Å². The van der Waals surface area contributed by atoms with E-state index in [1.807, 2.05) is 6.07 Å². The van der Waals surface area contributed by atoms with Gasteiger partial charge in [-0.1, -0.05) is 36.4 Å². The van der Waals surface area contributed by atoms with Crippen LogP contribution >= 0.6 is 0 Å². The zero-order valence-corrected chi connectivity index (χ0v) is 15.2. The van der Waals surface area contributed by atoms with Gasteiger partial charge in [0.15, 0.2) is 0 Å². The molecule has 6 nitrogen and oxygen atoms in total. The third kappa shape index (κ3) is 4.18. The second-order valence-electron chi connectivity index (χ2n) is 7.21. The summed E-state index contributed by atoms with van der Waals surface area (Å²) in [6.07, 6.45) is 1.68. The SMILES string of the molecule is NC[C@@H]1CN[C@@H](C(=O)NCc2nc3cc(Cc4ccccc4)ccc3[nH]2)C1. The fourth-order valence-corrected chi connectivity index (χ4v) is 3.61. The number of nitrogens with one attached hydrogen (secondary N) is 3. The molecule has 1 fully saturated rings. The highest BCUT2D eigenvalue weighted by atomic mass is 16.2. The van der Waals surface area contributed by atoms with Crippen LogP contribution < -0.4 is 16.4 Å². The number of hydrogen-bond donors (Lipinski definition) is 4. The third-order valence-electron chi connectivity index (χ3n) is 5.15. The molecule has 2 heterocycles. The summed E-state index contributed by atoms with van der Waals surface area (Å²) in [4.78, 5) is 20.2. The molecule has 27 heavy (non-hydrogen) atoms. The molecule has 1 aliphatic rings. The molecule has 4 rings (SSSR count). The highest BCUT2D eigenvalue weighted by molar-refractivity contribution is 5.82. The Morgan fingerprint density at radius 2 is 2.04 bits per heavy atom. The molecule has 0 aliphatic carbocycles. The smallest absolute Gasteiger partial charge is 0.237 e. The molecular weight excluding hydrogens is 338 g/mol. The summed E-state index contributed by atoms with van der Waals surface area (Å²) in [6.45, 7) is 1.82. The molecular formula is C21H25N5O. The van der Waals surface area contributed by atoms with Crippen molar-refractivity contribution in [3.05, 3.63) is 65.5 Å². The average Bonchev–Trinajstić information content (AvgIpc) is 3.33. The van der Waals surface area contributed by atoms with Gasteiger partial charge in [0.05, 0.1) is 23.6 Å². The molecule has 5 N–H and O–H groups in total. The van der Waals surface area contributed by atoms with Crippen molar-refractivity contribution in [2.24, 2.45) is 11.7 Å². The van der Waals surface area contributed by atoms with Crippen LogP contribution in [0.15, 0.2) is 48.5 Å². The fraction of sp³-hybridized carbons (Fsp3) is 0.333. The average molecular weight is 363 g/mol. The van der Waals surface area contributed by atoms with Crippen LogP contribution in [0.3, 0.4) is 0 Å². The third-order valence-corrected chi connectivity index (χ3v) is 5.15. The number of benzene rings is 2. The van der Waals surface area contributed by atoms with Crippen molar-refractivity contribution in [3.63, 3.8) is 0 Å². The van der Waals surface area contributed by atoms with Crippen LogP contribution in [0.2, 0.25) is 0 Å². The molecule has 1 aliphatic heterocycles. The number of nitrogens with zero attached hydrogens (tertiary/aromatic N) is 1. The summed E-state index contributed by atoms with van der Waals surface area (Å²) < 4.78 is 0. The quantitative estimate of drug-likeness (QED) is 0.536. The Hall–Kier alpha value is -2.70. The van der Waals surface area contributed by atoms with E-state index in [1.165, 1.54) is 11.1 Å². The summed E-state index contributed by atoms with van der Waals surface area (Å²) in [5.74, 6) is 1.16. The van der Waals surface area contributed by atoms with Crippen molar-refractivity contribution in [3.8, 4) is 0 Å². The van der Waals surface area contributed by atoms with Gasteiger partial charge in [0.2, 0.25) is 5.91 Å². The first-order valence-electron chi connectivity index (χ1n) is 9.44. The maximum absolute atomic E-state index is 12.3. The molecule has 6 heteroatoms. The largest absolute Gasteiger partial charge is 0.348 e. The number of fused-ring (bicyclic) bond motifs is 1. The first-order valence-corrected chi connectivity index (χ1v) is 9.44. The van der Waals surface area contributed by atoms with Gasteiger partial charge in [-0.3, -0.25) is 4.79 Å². The lowest BCUT2D eigenvalue weighted by Gasteiger charge is -2.10. The Morgan fingerprint density at radius 3 is 2.81 bits per heavy atom. The van der Waals surface area contributed by atoms with Crippen LogP contribution in [-0.2, 0) is 17.8 Å². The zero-order chi connectivity index (χ0) is 18.6. The number of amides is 1. The molecule has 0 bridgehead atoms. The van der Waals surface area contributed by atoms with Gasteiger partial charge in [-0.15, -0.1) is 0 Å². The molecule has 1 saturated heterocycles. The Kier molecular flexibility index (Phi) is 5.18. The highest BCUT2D eigenvalue weighted by Crippen LogP contribution is 2.17. The van der Waals surface area contributed by atoms with Crippen molar-refractivity contribution in [2.75, 3.05) is 13.1 Å². The maximum atomic E-state index is 12.3. The first-order chi connectivity index (χ1) is 13.2. The van der Waals surface area contributed by atoms with Crippen LogP contribution in [0.4, 0.5) is 0 Å². The summed E-state index contributed by atoms with van der Waals surface area (Å²) in [7, 11) is 0. The lowest BCUT2D eigenvalue weighted by molar-refractivity contribution is -0.123. The van der Waals surface area contributed by atoms with Gasteiger partial charge in [-0.05, 0) is 55.1 Å². The Morgan fingerprint density at radius 1 is 1.19 bits per heavy atom. The van der Waals surface area contributed by atoms with Gasteiger partial charge in [-0.25, -0.2) is 4.98 Å². The van der Waals surface area contributed by atoms with E-state index in [0.29, 0.717) is 19.0 Å². The van der Waals surface area contributed by atoms with Crippen LogP contribution in [0.25, 0.3) is 11.0 Å². The van der Waals surface area contributed by atoms with E-state index in [2.05, 4.69) is 63.1 Å². The van der Waals surface area contributed by atoms with Crippen molar-refractivity contribution >= 4 is 16.9 Å². The number of hydrogen-bond acceptors (Lipinski definition) is 4. The van der Waals surface area contributed by atoms with Gasteiger partial charge in [-0.2, -0.15) is 0 Å². The molecule has 140 valence electrons. The summed E-state index contributed by atoms with van der Waals surface area (Å²) in [5, 5.41) is 6.19. The molecule has 0 spiro atoms. The molecule has 1 amide bonds. The van der Waals surface area contributed by atoms with Crippen LogP contribution in [0.1, 0.15) is 23.4 Å². The van der Waals surface area contributed by atoms with E-state index < -0.39 is 0 Å². The standard InChI is InChI=1S/C21H25N5O/c22-11-16-10-19(23-12-16)21(27)24-13-20-25-17-7-6-15(9-18(17)26-20)8-14-4-2-1-3-5-14/h1-7,9,16,19,23H,8,10-13,22H2,(H,24,27)(H,25,26)/t16-,19-/m1/s1. The summed E-state index contributed by atoms with van der Waals surface area (Å²) in [5.41, 5.74) is 10.1. The van der Waals surface area contributed by atoms with Crippen LogP contribution in [-0.4, -0.2) is 35.0 Å². The topological polar surface area (TPSA) is 95.8 Å². The number of carbonyl (C=O) groups excluding carboxylic acids is 1. The number of H-pyrrole nitrogens is 1. The monoisotopic (exact) mass is 363 g/mol. The van der Waals surface area contributed by atoms with Gasteiger partial charge in [0.1, 0.15) is 5.82 Å². The van der Waals surface area contributed by atoms with Crippen molar-refractivity contribution in [1.29, 1.82) is 0 Å². The minimum Gasteiger partial charge on any atom is -0.348 e. The maximum Gasteiger partial charge on any atom is 0.237 e. The minimum atomic E-state index is -0.152. The van der Waals surface area contributed by atoms with E-state index in [-0.39, 0.29) is 11.9 Å². The van der Waals surface area contributed by atoms with E-state index in [1.54, 1.807) is 0 Å². The lowest BCUT2D eigenvalue weighted by Crippen LogP contribution is -2.40. The fourth-order valence-electron chi connectivity index (χ4n) is 3.61. The van der Waals surface area contributed by atoms with Gasteiger partial charge < -0.3 is 21.4 Å². The van der Waals surface area contributed by atoms with Gasteiger partial charge in [0, 0.05) is 0 Å². The van der Waals surface area contributed by atoms with Crippen LogP contribution in [0, 0.1) is 5.92 Å². The Balaban J connectivity index is 1.39. The molecule has 0 radical (unpaired) electrons. The Labute approximate surface area is 158 Å². The predicted molar refractivity (Wildman–Crippen MR) is 106 cm³/mol.